The Balaban J connectivity index is 1.62. The summed E-state index contributed by atoms with van der Waals surface area (Å²) < 4.78 is 5.65. The molecular formula is C18H17N3O2S. The maximum Gasteiger partial charge on any atom is 0.266 e. The third kappa shape index (κ3) is 3.97. The van der Waals surface area contributed by atoms with Gasteiger partial charge in [0.25, 0.3) is 5.91 Å². The summed E-state index contributed by atoms with van der Waals surface area (Å²) in [5, 5.41) is 5.21. The van der Waals surface area contributed by atoms with E-state index in [2.05, 4.69) is 15.3 Å². The van der Waals surface area contributed by atoms with E-state index >= 15 is 0 Å². The Bertz CT molecular complexity index is 816. The van der Waals surface area contributed by atoms with E-state index in [4.69, 9.17) is 4.74 Å². The van der Waals surface area contributed by atoms with Crippen LogP contribution in [0.25, 0.3) is 11.3 Å². The fraction of sp³-hybridized carbons (Fsp3) is 0.167. The molecule has 3 aromatic rings. The molecule has 122 valence electrons. The van der Waals surface area contributed by atoms with Crippen LogP contribution in [0.2, 0.25) is 0 Å². The standard InChI is InChI=1S/C18H17N3O2S/c1-12-5-7-15(8-6-12)23-13(2)17(22)21-18-20-16(11-24-18)14-4-3-9-19-10-14/h3-11,13H,1-2H3,(H,20,21,22). The summed E-state index contributed by atoms with van der Waals surface area (Å²) in [4.78, 5) is 20.7. The average molecular weight is 339 g/mol. The molecule has 0 bridgehead atoms. The lowest BCUT2D eigenvalue weighted by atomic mass is 10.2. The van der Waals surface area contributed by atoms with Crippen LogP contribution in [0.3, 0.4) is 0 Å². The number of benzene rings is 1. The molecule has 1 aromatic carbocycles. The molecular weight excluding hydrogens is 322 g/mol. The van der Waals surface area contributed by atoms with Crippen molar-refractivity contribution in [2.45, 2.75) is 20.0 Å². The van der Waals surface area contributed by atoms with Gasteiger partial charge in [-0.1, -0.05) is 17.7 Å². The summed E-state index contributed by atoms with van der Waals surface area (Å²) in [6.07, 6.45) is 2.84. The lowest BCUT2D eigenvalue weighted by molar-refractivity contribution is -0.122. The topological polar surface area (TPSA) is 64.1 Å². The largest absolute Gasteiger partial charge is 0.481 e. The van der Waals surface area contributed by atoms with E-state index in [-0.39, 0.29) is 5.91 Å². The predicted octanol–water partition coefficient (Wildman–Crippen LogP) is 3.92. The van der Waals surface area contributed by atoms with Crippen molar-refractivity contribution >= 4 is 22.4 Å². The number of nitrogens with zero attached hydrogens (tertiary/aromatic N) is 2. The number of anilines is 1. The van der Waals surface area contributed by atoms with Crippen molar-refractivity contribution in [2.24, 2.45) is 0 Å². The number of aryl methyl sites for hydroxylation is 1. The quantitative estimate of drug-likeness (QED) is 0.765. The van der Waals surface area contributed by atoms with Crippen LogP contribution >= 0.6 is 11.3 Å². The molecule has 24 heavy (non-hydrogen) atoms. The van der Waals surface area contributed by atoms with E-state index in [1.165, 1.54) is 11.3 Å². The second-order valence-electron chi connectivity index (χ2n) is 5.34. The Morgan fingerprint density at radius 2 is 2.04 bits per heavy atom. The van der Waals surface area contributed by atoms with Gasteiger partial charge in [-0.25, -0.2) is 4.98 Å². The monoisotopic (exact) mass is 339 g/mol. The molecule has 0 aliphatic carbocycles. The van der Waals surface area contributed by atoms with Crippen LogP contribution in [-0.4, -0.2) is 22.0 Å². The average Bonchev–Trinajstić information content (AvgIpc) is 3.06. The van der Waals surface area contributed by atoms with Crippen LogP contribution in [0.15, 0.2) is 54.2 Å². The Kier molecular flexibility index (Phi) is 4.86. The smallest absolute Gasteiger partial charge is 0.266 e. The fourth-order valence-electron chi connectivity index (χ4n) is 2.06. The molecule has 3 rings (SSSR count). The van der Waals surface area contributed by atoms with Crippen molar-refractivity contribution in [3.05, 3.63) is 59.7 Å². The Labute approximate surface area is 144 Å². The van der Waals surface area contributed by atoms with E-state index in [9.17, 15) is 4.79 Å². The number of aromatic nitrogens is 2. The van der Waals surface area contributed by atoms with Gasteiger partial charge in [0.15, 0.2) is 11.2 Å². The first-order chi connectivity index (χ1) is 11.6. The van der Waals surface area contributed by atoms with E-state index in [0.717, 1.165) is 16.8 Å². The molecule has 0 saturated heterocycles. The number of ether oxygens (including phenoxy) is 1. The van der Waals surface area contributed by atoms with Crippen molar-refractivity contribution in [2.75, 3.05) is 5.32 Å². The number of amides is 1. The first-order valence-electron chi connectivity index (χ1n) is 7.52. The van der Waals surface area contributed by atoms with Crippen LogP contribution in [0, 0.1) is 6.92 Å². The SMILES string of the molecule is Cc1ccc(OC(C)C(=O)Nc2nc(-c3cccnc3)cs2)cc1. The van der Waals surface area contributed by atoms with Crippen LogP contribution in [0.5, 0.6) is 5.75 Å². The summed E-state index contributed by atoms with van der Waals surface area (Å²) >= 11 is 1.37. The van der Waals surface area contributed by atoms with Crippen molar-refractivity contribution in [3.63, 3.8) is 0 Å². The molecule has 2 heterocycles. The van der Waals surface area contributed by atoms with Gasteiger partial charge in [0.2, 0.25) is 0 Å². The number of nitrogens with one attached hydrogen (secondary N) is 1. The second-order valence-corrected chi connectivity index (χ2v) is 6.20. The van der Waals surface area contributed by atoms with Gasteiger partial charge in [0.1, 0.15) is 5.75 Å². The maximum absolute atomic E-state index is 12.2. The van der Waals surface area contributed by atoms with Crippen LogP contribution in [0.4, 0.5) is 5.13 Å². The van der Waals surface area contributed by atoms with E-state index in [0.29, 0.717) is 10.9 Å². The minimum absolute atomic E-state index is 0.234. The highest BCUT2D eigenvalue weighted by atomic mass is 32.1. The molecule has 0 spiro atoms. The highest BCUT2D eigenvalue weighted by Crippen LogP contribution is 2.24. The maximum atomic E-state index is 12.2. The third-order valence-electron chi connectivity index (χ3n) is 3.39. The van der Waals surface area contributed by atoms with Gasteiger partial charge in [-0.3, -0.25) is 15.1 Å². The Morgan fingerprint density at radius 1 is 1.25 bits per heavy atom. The first kappa shape index (κ1) is 16.1. The lowest BCUT2D eigenvalue weighted by Crippen LogP contribution is -2.30. The Hall–Kier alpha value is -2.73. The van der Waals surface area contributed by atoms with Crippen LogP contribution in [-0.2, 0) is 4.79 Å². The van der Waals surface area contributed by atoms with Gasteiger partial charge in [0, 0.05) is 23.3 Å². The molecule has 0 radical (unpaired) electrons. The highest BCUT2D eigenvalue weighted by Gasteiger charge is 2.16. The van der Waals surface area contributed by atoms with Gasteiger partial charge >= 0.3 is 0 Å². The number of hydrogen-bond donors (Lipinski definition) is 1. The van der Waals surface area contributed by atoms with Crippen molar-refractivity contribution < 1.29 is 9.53 Å². The van der Waals surface area contributed by atoms with E-state index in [1.807, 2.05) is 48.7 Å². The Morgan fingerprint density at radius 3 is 2.75 bits per heavy atom. The van der Waals surface area contributed by atoms with Crippen molar-refractivity contribution in [1.82, 2.24) is 9.97 Å². The number of thiazole rings is 1. The van der Waals surface area contributed by atoms with E-state index < -0.39 is 6.10 Å². The molecule has 0 saturated carbocycles. The third-order valence-corrected chi connectivity index (χ3v) is 4.15. The highest BCUT2D eigenvalue weighted by molar-refractivity contribution is 7.14. The summed E-state index contributed by atoms with van der Waals surface area (Å²) in [5.41, 5.74) is 2.85. The second kappa shape index (κ2) is 7.23. The van der Waals surface area contributed by atoms with Crippen molar-refractivity contribution in [3.8, 4) is 17.0 Å². The molecule has 0 aliphatic heterocycles. The lowest BCUT2D eigenvalue weighted by Gasteiger charge is -2.13. The molecule has 1 N–H and O–H groups in total. The minimum atomic E-state index is -0.613. The summed E-state index contributed by atoms with van der Waals surface area (Å²) in [7, 11) is 0. The van der Waals surface area contributed by atoms with Gasteiger partial charge in [0.05, 0.1) is 5.69 Å². The zero-order chi connectivity index (χ0) is 16.9. The molecule has 0 aliphatic rings. The molecule has 2 aromatic heterocycles. The zero-order valence-corrected chi connectivity index (χ0v) is 14.2. The molecule has 0 fully saturated rings. The molecule has 1 amide bonds. The first-order valence-corrected chi connectivity index (χ1v) is 8.40. The fourth-order valence-corrected chi connectivity index (χ4v) is 2.78. The minimum Gasteiger partial charge on any atom is -0.481 e. The zero-order valence-electron chi connectivity index (χ0n) is 13.4. The summed E-state index contributed by atoms with van der Waals surface area (Å²) in [5.74, 6) is 0.432. The molecule has 1 atom stereocenters. The predicted molar refractivity (Wildman–Crippen MR) is 95.2 cm³/mol. The van der Waals surface area contributed by atoms with Crippen molar-refractivity contribution in [1.29, 1.82) is 0 Å². The molecule has 1 unspecified atom stereocenters. The number of rotatable bonds is 5. The van der Waals surface area contributed by atoms with Gasteiger partial charge < -0.3 is 4.74 Å². The van der Waals surface area contributed by atoms with E-state index in [1.54, 1.807) is 19.3 Å². The molecule has 5 nitrogen and oxygen atoms in total. The summed E-state index contributed by atoms with van der Waals surface area (Å²) in [6.45, 7) is 3.72. The number of hydrogen-bond acceptors (Lipinski definition) is 5. The van der Waals surface area contributed by atoms with Gasteiger partial charge in [-0.15, -0.1) is 11.3 Å². The summed E-state index contributed by atoms with van der Waals surface area (Å²) in [6, 6.07) is 11.4. The van der Waals surface area contributed by atoms with Gasteiger partial charge in [-0.2, -0.15) is 0 Å². The number of pyridine rings is 1. The van der Waals surface area contributed by atoms with Gasteiger partial charge in [-0.05, 0) is 38.1 Å². The van der Waals surface area contributed by atoms with Crippen LogP contribution in [0.1, 0.15) is 12.5 Å². The number of carbonyl (C=O) groups excluding carboxylic acids is 1. The van der Waals surface area contributed by atoms with Crippen LogP contribution < -0.4 is 10.1 Å². The normalized spacial score (nSPS) is 11.8. The molecule has 6 heteroatoms. The number of carbonyl (C=O) groups is 1.